The molecule has 0 fully saturated rings. The van der Waals surface area contributed by atoms with E-state index in [9.17, 15) is 19.7 Å². The number of hydrogen-bond donors (Lipinski definition) is 0. The summed E-state index contributed by atoms with van der Waals surface area (Å²) in [5, 5.41) is 8.20. The highest BCUT2D eigenvalue weighted by molar-refractivity contribution is 5.74. The minimum atomic E-state index is -1.27. The zero-order valence-electron chi connectivity index (χ0n) is 5.60. The van der Waals surface area contributed by atoms with E-state index in [2.05, 4.69) is 9.57 Å². The maximum absolute atomic E-state index is 10.2. The van der Waals surface area contributed by atoms with Crippen molar-refractivity contribution >= 4 is 11.9 Å². The van der Waals surface area contributed by atoms with Gasteiger partial charge in [0.1, 0.15) is 0 Å². The van der Waals surface area contributed by atoms with Crippen molar-refractivity contribution < 1.29 is 24.3 Å². The largest absolute Gasteiger partial charge is 0.456 e. The van der Waals surface area contributed by atoms with Crippen LogP contribution in [0.2, 0.25) is 0 Å². The summed E-state index contributed by atoms with van der Waals surface area (Å²) in [6.45, 7) is 0.329. The summed E-state index contributed by atoms with van der Waals surface area (Å²) in [5.41, 5.74) is 0. The van der Waals surface area contributed by atoms with Crippen LogP contribution in [0, 0.1) is 10.1 Å². The molecule has 0 radical (unpaired) electrons. The average Bonchev–Trinajstić information content (AvgIpc) is 1.82. The molecule has 0 aliphatic carbocycles. The molecule has 11 heavy (non-hydrogen) atoms. The van der Waals surface area contributed by atoms with Gasteiger partial charge in [-0.15, -0.1) is 10.1 Å². The predicted molar refractivity (Wildman–Crippen MR) is 29.7 cm³/mol. The fourth-order valence-electron chi connectivity index (χ4n) is 0.270. The normalized spacial score (nSPS) is 8.45. The van der Waals surface area contributed by atoms with E-state index in [0.717, 1.165) is 6.92 Å². The summed E-state index contributed by atoms with van der Waals surface area (Å²) in [6.07, 6.45) is 0. The van der Waals surface area contributed by atoms with E-state index < -0.39 is 23.6 Å². The minimum absolute atomic E-state index is 0.703. The molecule has 7 nitrogen and oxygen atoms in total. The third-order valence-electron chi connectivity index (χ3n) is 0.570. The molecule has 0 heterocycles. The fourth-order valence-corrected chi connectivity index (χ4v) is 0.270. The average molecular weight is 163 g/mol. The Bertz CT molecular complexity index is 187. The zero-order chi connectivity index (χ0) is 8.85. The van der Waals surface area contributed by atoms with Crippen molar-refractivity contribution in [3.8, 4) is 0 Å². The van der Waals surface area contributed by atoms with Crippen LogP contribution in [0.4, 0.5) is 0 Å². The number of rotatable bonds is 3. The van der Waals surface area contributed by atoms with Crippen LogP contribution in [0.5, 0.6) is 0 Å². The quantitative estimate of drug-likeness (QED) is 0.309. The van der Waals surface area contributed by atoms with E-state index in [1.165, 1.54) is 0 Å². The molecule has 0 unspecified atom stereocenters. The molecule has 0 aromatic rings. The first kappa shape index (κ1) is 9.34. The van der Waals surface area contributed by atoms with Crippen molar-refractivity contribution in [2.24, 2.45) is 0 Å². The Hall–Kier alpha value is -1.66. The molecule has 62 valence electrons. The lowest BCUT2D eigenvalue weighted by molar-refractivity contribution is -0.729. The fraction of sp³-hybridized carbons (Fsp3) is 0.500. The van der Waals surface area contributed by atoms with Crippen molar-refractivity contribution in [1.29, 1.82) is 0 Å². The topological polar surface area (TPSA) is 95.7 Å². The van der Waals surface area contributed by atoms with Gasteiger partial charge in [-0.25, -0.2) is 4.84 Å². The third kappa shape index (κ3) is 6.22. The molecule has 0 bridgehead atoms. The van der Waals surface area contributed by atoms with Gasteiger partial charge in [-0.05, 0) is 0 Å². The number of ether oxygens (including phenoxy) is 1. The Labute approximate surface area is 61.0 Å². The van der Waals surface area contributed by atoms with E-state index in [1.807, 2.05) is 0 Å². The van der Waals surface area contributed by atoms with Gasteiger partial charge in [0.25, 0.3) is 0 Å². The SMILES string of the molecule is CC(=O)OCC(=O)O[N+](=O)[O-]. The molecule has 0 aromatic heterocycles. The molecule has 0 aliphatic rings. The van der Waals surface area contributed by atoms with Gasteiger partial charge in [-0.2, -0.15) is 0 Å². The number of esters is 1. The Morgan fingerprint density at radius 3 is 2.45 bits per heavy atom. The summed E-state index contributed by atoms with van der Waals surface area (Å²) in [7, 11) is 0. The van der Waals surface area contributed by atoms with Gasteiger partial charge in [-0.1, -0.05) is 0 Å². The molecule has 7 heteroatoms. The van der Waals surface area contributed by atoms with Crippen molar-refractivity contribution in [2.75, 3.05) is 6.61 Å². The first-order valence-electron chi connectivity index (χ1n) is 2.51. The van der Waals surface area contributed by atoms with Crippen molar-refractivity contribution in [1.82, 2.24) is 0 Å². The number of hydrogen-bond acceptors (Lipinski definition) is 6. The Balaban J connectivity index is 3.53. The molecule has 0 saturated carbocycles. The van der Waals surface area contributed by atoms with Crippen LogP contribution in [0.1, 0.15) is 6.92 Å². The summed E-state index contributed by atoms with van der Waals surface area (Å²) < 4.78 is 4.09. The summed E-state index contributed by atoms with van der Waals surface area (Å²) in [5.74, 6) is -1.92. The van der Waals surface area contributed by atoms with Crippen LogP contribution in [0.3, 0.4) is 0 Å². The lowest BCUT2D eigenvalue weighted by Gasteiger charge is -1.97. The Morgan fingerprint density at radius 2 is 2.09 bits per heavy atom. The highest BCUT2D eigenvalue weighted by Gasteiger charge is 2.08. The van der Waals surface area contributed by atoms with Crippen molar-refractivity contribution in [3.05, 3.63) is 10.1 Å². The molecular formula is C4H5NO6. The first-order valence-corrected chi connectivity index (χ1v) is 2.51. The molecule has 0 N–H and O–H groups in total. The predicted octanol–water partition coefficient (Wildman–Crippen LogP) is -0.716. The second-order valence-corrected chi connectivity index (χ2v) is 1.47. The van der Waals surface area contributed by atoms with Crippen LogP contribution in [-0.2, 0) is 19.2 Å². The maximum atomic E-state index is 10.2. The second-order valence-electron chi connectivity index (χ2n) is 1.47. The highest BCUT2D eigenvalue weighted by Crippen LogP contribution is 1.82. The summed E-state index contributed by atoms with van der Waals surface area (Å²) >= 11 is 0. The van der Waals surface area contributed by atoms with E-state index in [4.69, 9.17) is 0 Å². The molecule has 0 spiro atoms. The lowest BCUT2D eigenvalue weighted by Crippen LogP contribution is -2.17. The van der Waals surface area contributed by atoms with E-state index in [1.54, 1.807) is 0 Å². The standard InChI is InChI=1S/C4H5NO6/c1-3(6)10-2-4(7)11-5(8)9/h2H2,1H3. The molecule has 0 rings (SSSR count). The smallest absolute Gasteiger partial charge is 0.341 e. The molecule has 0 aliphatic heterocycles. The number of carbonyl (C=O) groups excluding carboxylic acids is 2. The van der Waals surface area contributed by atoms with Gasteiger partial charge in [0, 0.05) is 6.92 Å². The third-order valence-corrected chi connectivity index (χ3v) is 0.570. The van der Waals surface area contributed by atoms with Gasteiger partial charge in [0.2, 0.25) is 0 Å². The maximum Gasteiger partial charge on any atom is 0.341 e. The van der Waals surface area contributed by atoms with Gasteiger partial charge >= 0.3 is 17.0 Å². The zero-order valence-corrected chi connectivity index (χ0v) is 5.60. The first-order chi connectivity index (χ1) is 5.02. The van der Waals surface area contributed by atoms with Crippen LogP contribution < -0.4 is 0 Å². The van der Waals surface area contributed by atoms with Crippen molar-refractivity contribution in [2.45, 2.75) is 6.92 Å². The molecule has 0 amide bonds. The molecular weight excluding hydrogens is 158 g/mol. The second kappa shape index (κ2) is 4.20. The van der Waals surface area contributed by atoms with E-state index >= 15 is 0 Å². The molecule has 0 saturated heterocycles. The van der Waals surface area contributed by atoms with E-state index in [-0.39, 0.29) is 0 Å². The summed E-state index contributed by atoms with van der Waals surface area (Å²) in [6, 6.07) is 0. The lowest BCUT2D eigenvalue weighted by atomic mass is 10.7. The minimum Gasteiger partial charge on any atom is -0.456 e. The summed E-state index contributed by atoms with van der Waals surface area (Å²) in [4.78, 5) is 33.1. The Morgan fingerprint density at radius 1 is 1.55 bits per heavy atom. The van der Waals surface area contributed by atoms with E-state index in [0.29, 0.717) is 0 Å². The number of carbonyl (C=O) groups is 2. The van der Waals surface area contributed by atoms with Crippen LogP contribution in [-0.4, -0.2) is 23.6 Å². The van der Waals surface area contributed by atoms with Gasteiger partial charge in [-0.3, -0.25) is 9.59 Å². The van der Waals surface area contributed by atoms with Crippen LogP contribution >= 0.6 is 0 Å². The van der Waals surface area contributed by atoms with Crippen LogP contribution in [0.25, 0.3) is 0 Å². The van der Waals surface area contributed by atoms with Gasteiger partial charge in [0.15, 0.2) is 6.61 Å². The molecule has 0 aromatic carbocycles. The van der Waals surface area contributed by atoms with Crippen molar-refractivity contribution in [3.63, 3.8) is 0 Å². The highest BCUT2D eigenvalue weighted by atomic mass is 17.0. The molecule has 0 atom stereocenters. The Kier molecular flexibility index (Phi) is 3.57. The van der Waals surface area contributed by atoms with Crippen LogP contribution in [0.15, 0.2) is 0 Å². The monoisotopic (exact) mass is 163 g/mol. The van der Waals surface area contributed by atoms with Gasteiger partial charge < -0.3 is 4.74 Å². The van der Waals surface area contributed by atoms with Gasteiger partial charge in [0.05, 0.1) is 0 Å². The number of nitrogens with zero attached hydrogens (tertiary/aromatic N) is 1.